The minimum Gasteiger partial charge on any atom is -0.465 e. The number of furan rings is 1. The molecule has 0 bridgehead atoms. The molecule has 0 spiro atoms. The molecule has 0 radical (unpaired) electrons. The Balaban J connectivity index is 1.93. The quantitative estimate of drug-likeness (QED) is 0.845. The molecule has 0 saturated carbocycles. The minimum atomic E-state index is -4.19. The molecule has 1 aromatic rings. The van der Waals surface area contributed by atoms with Crippen molar-refractivity contribution in [1.82, 2.24) is 10.2 Å². The lowest BCUT2D eigenvalue weighted by atomic mass is 10.1. The van der Waals surface area contributed by atoms with Crippen molar-refractivity contribution in [2.75, 3.05) is 19.6 Å². The molecule has 2 heterocycles. The molecule has 1 aliphatic heterocycles. The second-order valence-corrected chi connectivity index (χ2v) is 5.29. The number of nitrogens with one attached hydrogen (secondary N) is 1. The molecule has 1 aliphatic rings. The highest BCUT2D eigenvalue weighted by atomic mass is 19.4. The van der Waals surface area contributed by atoms with Gasteiger partial charge in [-0.2, -0.15) is 13.2 Å². The van der Waals surface area contributed by atoms with Crippen molar-refractivity contribution in [2.24, 2.45) is 0 Å². The van der Waals surface area contributed by atoms with Gasteiger partial charge in [-0.05, 0) is 26.0 Å². The van der Waals surface area contributed by atoms with E-state index in [9.17, 15) is 13.2 Å². The predicted octanol–water partition coefficient (Wildman–Crippen LogP) is 3.39. The highest BCUT2D eigenvalue weighted by Crippen LogP contribution is 2.30. The van der Waals surface area contributed by atoms with Gasteiger partial charge in [0.25, 0.3) is 0 Å². The van der Waals surface area contributed by atoms with Crippen molar-refractivity contribution in [3.05, 3.63) is 34.8 Å². The zero-order chi connectivity index (χ0) is 15.5. The van der Waals surface area contributed by atoms with Crippen LogP contribution in [-0.4, -0.2) is 30.7 Å². The van der Waals surface area contributed by atoms with Crippen LogP contribution in [0.4, 0.5) is 13.2 Å². The van der Waals surface area contributed by atoms with Gasteiger partial charge in [-0.25, -0.2) is 0 Å². The molecule has 2 rings (SSSR count). The van der Waals surface area contributed by atoms with Crippen LogP contribution >= 0.6 is 0 Å². The monoisotopic (exact) mass is 302 g/mol. The molecule has 0 saturated heterocycles. The molecule has 0 aromatic carbocycles. The highest BCUT2D eigenvalue weighted by molar-refractivity contribution is 5.21. The molecule has 0 fully saturated rings. The van der Waals surface area contributed by atoms with E-state index in [1.165, 1.54) is 6.08 Å². The number of rotatable bonds is 5. The summed E-state index contributed by atoms with van der Waals surface area (Å²) in [4.78, 5) is 1.96. The van der Waals surface area contributed by atoms with Gasteiger partial charge in [0.15, 0.2) is 0 Å². The first-order valence-corrected chi connectivity index (χ1v) is 7.17. The Bertz CT molecular complexity index is 506. The van der Waals surface area contributed by atoms with Crippen molar-refractivity contribution in [3.63, 3.8) is 0 Å². The van der Waals surface area contributed by atoms with Crippen LogP contribution < -0.4 is 5.32 Å². The number of alkyl halides is 3. The number of hydrogen-bond donors (Lipinski definition) is 1. The molecule has 0 atom stereocenters. The van der Waals surface area contributed by atoms with E-state index in [4.69, 9.17) is 4.42 Å². The van der Waals surface area contributed by atoms with E-state index < -0.39 is 11.7 Å². The van der Waals surface area contributed by atoms with Crippen LogP contribution in [0.1, 0.15) is 30.4 Å². The van der Waals surface area contributed by atoms with Gasteiger partial charge in [0.1, 0.15) is 11.5 Å². The number of nitrogens with zero attached hydrogens (tertiary/aromatic N) is 1. The maximum Gasteiger partial charge on any atom is 0.412 e. The van der Waals surface area contributed by atoms with E-state index in [0.717, 1.165) is 30.2 Å². The number of hydrogen-bond acceptors (Lipinski definition) is 3. The van der Waals surface area contributed by atoms with Crippen LogP contribution in [0.15, 0.2) is 22.1 Å². The molecule has 0 unspecified atom stereocenters. The minimum absolute atomic E-state index is 0.0490. The second kappa shape index (κ2) is 6.66. The lowest BCUT2D eigenvalue weighted by molar-refractivity contribution is -0.0961. The Labute approximate surface area is 122 Å². The molecule has 6 heteroatoms. The van der Waals surface area contributed by atoms with E-state index in [1.807, 2.05) is 24.8 Å². The van der Waals surface area contributed by atoms with Crippen LogP contribution in [0.5, 0.6) is 0 Å². The first kappa shape index (κ1) is 16.1. The third-order valence-electron chi connectivity index (χ3n) is 3.67. The molecule has 3 nitrogen and oxygen atoms in total. The summed E-state index contributed by atoms with van der Waals surface area (Å²) in [5.74, 6) is 1.68. The number of halogens is 3. The Hall–Kier alpha value is -1.27. The van der Waals surface area contributed by atoms with Crippen LogP contribution in [0, 0.1) is 6.92 Å². The third kappa shape index (κ3) is 4.35. The summed E-state index contributed by atoms with van der Waals surface area (Å²) in [6, 6.07) is 1.99. The predicted molar refractivity (Wildman–Crippen MR) is 74.9 cm³/mol. The molecule has 1 aromatic heterocycles. The number of aryl methyl sites for hydroxylation is 1. The third-order valence-corrected chi connectivity index (χ3v) is 3.67. The second-order valence-electron chi connectivity index (χ2n) is 5.29. The summed E-state index contributed by atoms with van der Waals surface area (Å²) in [6.45, 7) is 6.86. The van der Waals surface area contributed by atoms with Crippen LogP contribution in [0.2, 0.25) is 0 Å². The fourth-order valence-corrected chi connectivity index (χ4v) is 2.43. The van der Waals surface area contributed by atoms with Gasteiger partial charge in [-0.3, -0.25) is 4.90 Å². The van der Waals surface area contributed by atoms with E-state index in [1.54, 1.807) is 0 Å². The first-order valence-electron chi connectivity index (χ1n) is 7.17. The summed E-state index contributed by atoms with van der Waals surface area (Å²) < 4.78 is 43.4. The van der Waals surface area contributed by atoms with Gasteiger partial charge in [-0.15, -0.1) is 0 Å². The first-order chi connectivity index (χ1) is 9.90. The molecule has 0 aliphatic carbocycles. The lowest BCUT2D eigenvalue weighted by Crippen LogP contribution is -2.31. The average Bonchev–Trinajstić information content (AvgIpc) is 2.76. The van der Waals surface area contributed by atoms with Gasteiger partial charge < -0.3 is 9.73 Å². The van der Waals surface area contributed by atoms with E-state index in [2.05, 4.69) is 5.32 Å². The Kier molecular flexibility index (Phi) is 5.11. The van der Waals surface area contributed by atoms with Crippen molar-refractivity contribution >= 4 is 0 Å². The largest absolute Gasteiger partial charge is 0.465 e. The summed E-state index contributed by atoms with van der Waals surface area (Å²) in [7, 11) is 0. The lowest BCUT2D eigenvalue weighted by Gasteiger charge is -2.26. The molecule has 0 amide bonds. The fraction of sp³-hybridized carbons (Fsp3) is 0.600. The van der Waals surface area contributed by atoms with Gasteiger partial charge >= 0.3 is 6.18 Å². The van der Waals surface area contributed by atoms with Gasteiger partial charge in [0.2, 0.25) is 0 Å². The molecular weight excluding hydrogens is 281 g/mol. The highest BCUT2D eigenvalue weighted by Gasteiger charge is 2.34. The summed E-state index contributed by atoms with van der Waals surface area (Å²) >= 11 is 0. The summed E-state index contributed by atoms with van der Waals surface area (Å²) in [5, 5.41) is 3.24. The Morgan fingerprint density at radius 1 is 1.38 bits per heavy atom. The Morgan fingerprint density at radius 3 is 2.71 bits per heavy atom. The van der Waals surface area contributed by atoms with Gasteiger partial charge in [0.05, 0.1) is 6.54 Å². The fourth-order valence-electron chi connectivity index (χ4n) is 2.43. The summed E-state index contributed by atoms with van der Waals surface area (Å²) in [6.07, 6.45) is -2.86. The normalized spacial score (nSPS) is 17.1. The molecule has 118 valence electrons. The topological polar surface area (TPSA) is 28.4 Å². The maximum absolute atomic E-state index is 12.6. The maximum atomic E-state index is 12.6. The van der Waals surface area contributed by atoms with E-state index in [-0.39, 0.29) is 6.42 Å². The van der Waals surface area contributed by atoms with Crippen molar-refractivity contribution < 1.29 is 17.6 Å². The van der Waals surface area contributed by atoms with E-state index >= 15 is 0 Å². The average molecular weight is 302 g/mol. The van der Waals surface area contributed by atoms with Crippen LogP contribution in [-0.2, 0) is 13.1 Å². The standard InChI is InChI=1S/C15H21F3N2O/c1-3-19-9-12-8-14(21-11(12)2)10-20-6-4-13(5-7-20)15(16,17)18/h4,8,19H,3,5-7,9-10H2,1-2H3. The van der Waals surface area contributed by atoms with Crippen LogP contribution in [0.25, 0.3) is 0 Å². The Morgan fingerprint density at radius 2 is 2.14 bits per heavy atom. The van der Waals surface area contributed by atoms with Gasteiger partial charge in [0, 0.05) is 30.8 Å². The van der Waals surface area contributed by atoms with Crippen molar-refractivity contribution in [1.29, 1.82) is 0 Å². The van der Waals surface area contributed by atoms with Crippen molar-refractivity contribution in [2.45, 2.75) is 39.5 Å². The SMILES string of the molecule is CCNCc1cc(CN2CC=C(C(F)(F)F)CC2)oc1C. The molecule has 21 heavy (non-hydrogen) atoms. The van der Waals surface area contributed by atoms with E-state index in [0.29, 0.717) is 19.6 Å². The smallest absolute Gasteiger partial charge is 0.412 e. The molecular formula is C15H21F3N2O. The summed E-state index contributed by atoms with van der Waals surface area (Å²) in [5.41, 5.74) is 0.692. The van der Waals surface area contributed by atoms with Crippen molar-refractivity contribution in [3.8, 4) is 0 Å². The van der Waals surface area contributed by atoms with Crippen LogP contribution in [0.3, 0.4) is 0 Å². The van der Waals surface area contributed by atoms with Gasteiger partial charge in [-0.1, -0.05) is 13.0 Å². The zero-order valence-electron chi connectivity index (χ0n) is 12.4. The zero-order valence-corrected chi connectivity index (χ0v) is 12.4. The molecule has 1 N–H and O–H groups in total.